The maximum absolute atomic E-state index is 10.7. The summed E-state index contributed by atoms with van der Waals surface area (Å²) in [5.41, 5.74) is 0. The van der Waals surface area contributed by atoms with Gasteiger partial charge < -0.3 is 0 Å². The Morgan fingerprint density at radius 3 is 1.20 bits per heavy atom. The molecule has 0 aromatic carbocycles. The third kappa shape index (κ3) is 206. The standard InChI is InChI=1S/B2F2S/c1-5(2,3)4. The van der Waals surface area contributed by atoms with Crippen molar-refractivity contribution in [2.24, 2.45) is 0 Å². The van der Waals surface area contributed by atoms with Crippen molar-refractivity contribution in [1.29, 1.82) is 0 Å². The molecule has 2 radical (unpaired) electrons. The first-order chi connectivity index (χ1) is 2.00. The zero-order valence-electron chi connectivity index (χ0n) is 2.32. The maximum atomic E-state index is 10.7. The Bertz CT molecular complexity index is 90.8. The zero-order valence-corrected chi connectivity index (χ0v) is 3.14. The molecule has 0 aliphatic rings. The molecule has 0 nitrogen and oxygen atoms in total. The molecule has 26 valence electrons. The molecule has 0 aliphatic carbocycles. The van der Waals surface area contributed by atoms with Crippen molar-refractivity contribution in [2.75, 3.05) is 0 Å². The van der Waals surface area contributed by atoms with Gasteiger partial charge in [0.15, 0.2) is 0 Å². The first-order valence-electron chi connectivity index (χ1n) is 0.780. The van der Waals surface area contributed by atoms with Gasteiger partial charge in [-0.05, 0) is 0 Å². The molecule has 5 heavy (non-hydrogen) atoms. The second-order valence-electron chi connectivity index (χ2n) is 0.551. The summed E-state index contributed by atoms with van der Waals surface area (Å²) in [4.78, 5) is 0. The summed E-state index contributed by atoms with van der Waals surface area (Å²) in [6.07, 6.45) is 0. The van der Waals surface area contributed by atoms with Gasteiger partial charge in [0.25, 0.3) is 0 Å². The molecule has 0 saturated carbocycles. The molecular weight excluding hydrogens is 91.7 g/mol. The topological polar surface area (TPSA) is 0 Å². The summed E-state index contributed by atoms with van der Waals surface area (Å²) in [5, 5.41) is 0. The van der Waals surface area contributed by atoms with E-state index in [1.165, 1.54) is 0 Å². The van der Waals surface area contributed by atoms with Crippen LogP contribution in [0, 0.1) is 0 Å². The quantitative estimate of drug-likeness (QED) is 0.386. The van der Waals surface area contributed by atoms with Crippen molar-refractivity contribution in [3.05, 3.63) is 0 Å². The molecule has 0 rings (SSSR count). The van der Waals surface area contributed by atoms with E-state index in [-0.39, 0.29) is 0 Å². The van der Waals surface area contributed by atoms with Gasteiger partial charge in [0.2, 0.25) is 0 Å². The van der Waals surface area contributed by atoms with Gasteiger partial charge >= 0.3 is 30.9 Å². The van der Waals surface area contributed by atoms with Crippen LogP contribution in [0.4, 0.5) is 7.77 Å². The van der Waals surface area contributed by atoms with E-state index in [1.54, 1.807) is 0 Å². The van der Waals surface area contributed by atoms with Crippen molar-refractivity contribution in [2.45, 2.75) is 0 Å². The van der Waals surface area contributed by atoms with Crippen LogP contribution in [0.15, 0.2) is 0 Å². The fourth-order valence-electron chi connectivity index (χ4n) is 0. The monoisotopic (exact) mass is 92.0 g/mol. The van der Waals surface area contributed by atoms with Gasteiger partial charge in [0, 0.05) is 0 Å². The van der Waals surface area contributed by atoms with E-state index in [0.717, 1.165) is 0 Å². The van der Waals surface area contributed by atoms with Gasteiger partial charge in [-0.25, -0.2) is 0 Å². The summed E-state index contributed by atoms with van der Waals surface area (Å²) < 4.78 is 21.3. The van der Waals surface area contributed by atoms with Gasteiger partial charge in [-0.3, -0.25) is 0 Å². The Morgan fingerprint density at radius 2 is 1.20 bits per heavy atom. The minimum absolute atomic E-state index is 3.88. The number of hydrogen-bond acceptors (Lipinski definition) is 0. The van der Waals surface area contributed by atoms with Crippen molar-refractivity contribution >= 4 is 23.1 Å². The van der Waals surface area contributed by atoms with Gasteiger partial charge in [0.1, 0.15) is 0 Å². The minimum atomic E-state index is -4.17. The fourth-order valence-corrected chi connectivity index (χ4v) is 0. The molecule has 0 aromatic rings. The second-order valence-corrected chi connectivity index (χ2v) is 1.65. The van der Waals surface area contributed by atoms with Crippen LogP contribution in [0.3, 0.4) is 0 Å². The average molecular weight is 91.7 g/mol. The van der Waals surface area contributed by atoms with Crippen LogP contribution in [-0.2, 0) is 0 Å². The first-order valence-corrected chi connectivity index (χ1v) is 2.34. The summed E-state index contributed by atoms with van der Waals surface area (Å²) in [5.74, 6) is 0. The van der Waals surface area contributed by atoms with Crippen molar-refractivity contribution < 1.29 is 7.77 Å². The van der Waals surface area contributed by atoms with Crippen molar-refractivity contribution in [3.63, 3.8) is 0 Å². The first kappa shape index (κ1) is 5.34. The third-order valence-corrected chi connectivity index (χ3v) is 0. The van der Waals surface area contributed by atoms with Crippen LogP contribution in [-0.4, -0.2) is 13.4 Å². The van der Waals surface area contributed by atoms with E-state index in [0.29, 0.717) is 0 Å². The Morgan fingerprint density at radius 1 is 1.20 bits per heavy atom. The number of rotatable bonds is 0. The molecular formula is B2F2S. The molecule has 0 aromatic heterocycles. The molecule has 0 heterocycles. The molecule has 0 atom stereocenters. The molecule has 5 heteroatoms. The molecule has 0 aliphatic heterocycles. The van der Waals surface area contributed by atoms with Crippen LogP contribution < -0.4 is 0 Å². The van der Waals surface area contributed by atoms with Gasteiger partial charge in [-0.1, -0.05) is 0 Å². The summed E-state index contributed by atoms with van der Waals surface area (Å²) in [6, 6.07) is 0. The van der Waals surface area contributed by atoms with E-state index in [9.17, 15) is 7.77 Å². The van der Waals surface area contributed by atoms with Gasteiger partial charge in [0.05, 0.1) is 0 Å². The van der Waals surface area contributed by atoms with E-state index < -0.39 is 9.65 Å². The fraction of sp³-hybridized carbons (Fsp3) is 0. The average Bonchev–Trinajstić information content (AvgIpc) is 0.722. The molecule has 0 unspecified atom stereocenters. The van der Waals surface area contributed by atoms with Crippen LogP contribution >= 0.6 is 9.65 Å². The number of halogens is 2. The van der Waals surface area contributed by atoms with Crippen LogP contribution in [0.25, 0.3) is 0 Å². The van der Waals surface area contributed by atoms with E-state index in [2.05, 4.69) is 13.4 Å². The van der Waals surface area contributed by atoms with Gasteiger partial charge in [-0.15, -0.1) is 0 Å². The predicted octanol–water partition coefficient (Wildman–Crippen LogP) is 0.727. The molecule has 0 amide bonds. The van der Waals surface area contributed by atoms with E-state index in [4.69, 9.17) is 0 Å². The van der Waals surface area contributed by atoms with Crippen molar-refractivity contribution in [3.8, 4) is 0 Å². The van der Waals surface area contributed by atoms with Crippen LogP contribution in [0.5, 0.6) is 0 Å². The molecule has 0 bridgehead atoms. The third-order valence-electron chi connectivity index (χ3n) is 0. The molecule has 0 spiro atoms. The number of hydrogen-bond donors (Lipinski definition) is 0. The summed E-state index contributed by atoms with van der Waals surface area (Å²) in [6.45, 7) is 7.76. The van der Waals surface area contributed by atoms with Crippen molar-refractivity contribution in [1.82, 2.24) is 0 Å². The predicted molar refractivity (Wildman–Crippen MR) is 21.3 cm³/mol. The van der Waals surface area contributed by atoms with Crippen LogP contribution in [0.2, 0.25) is 0 Å². The molecule has 0 fully saturated rings. The van der Waals surface area contributed by atoms with Gasteiger partial charge in [-0.2, -0.15) is 0 Å². The van der Waals surface area contributed by atoms with E-state index >= 15 is 0 Å². The Balaban J connectivity index is 4.06. The SMILES string of the molecule is [B]=S(=[B])(F)F. The van der Waals surface area contributed by atoms with E-state index in [1.807, 2.05) is 0 Å². The van der Waals surface area contributed by atoms with Crippen LogP contribution in [0.1, 0.15) is 0 Å². The Hall–Kier alpha value is 0.340. The summed E-state index contributed by atoms with van der Waals surface area (Å²) in [7, 11) is -4.17. The normalized spacial score (nSPS) is 11.2. The zero-order chi connectivity index (χ0) is 4.50. The molecule has 0 saturated heterocycles. The summed E-state index contributed by atoms with van der Waals surface area (Å²) >= 11 is 0. The molecule has 0 N–H and O–H groups in total. The second kappa shape index (κ2) is 1.20. The Kier molecular flexibility index (Phi) is 1.29. The Labute approximate surface area is 31.8 Å².